The number of carbonyl (C=O) groups is 2. The zero-order chi connectivity index (χ0) is 26.4. The number of phenols is 1. The lowest BCUT2D eigenvalue weighted by atomic mass is 10.1. The van der Waals surface area contributed by atoms with Gasteiger partial charge >= 0.3 is 6.03 Å². The number of thiocarbonyl (C=S) groups is 1. The molecule has 0 aliphatic carbocycles. The number of nitrogens with zero attached hydrogens (tertiary/aromatic N) is 1. The van der Waals surface area contributed by atoms with Crippen molar-refractivity contribution < 1.29 is 14.7 Å². The molecule has 0 bridgehead atoms. The summed E-state index contributed by atoms with van der Waals surface area (Å²) in [7, 11) is 0. The number of aromatic hydroxyl groups is 1. The number of hydrogen-bond acceptors (Lipinski definition) is 4. The average molecular weight is 518 g/mol. The summed E-state index contributed by atoms with van der Waals surface area (Å²) >= 11 is 5.49. The summed E-state index contributed by atoms with van der Waals surface area (Å²) in [5, 5.41) is 21.7. The molecule has 3 aromatic carbocycles. The Morgan fingerprint density at radius 1 is 1.03 bits per heavy atom. The Hall–Kier alpha value is -4.11. The minimum Gasteiger partial charge on any atom is -0.508 e. The van der Waals surface area contributed by atoms with E-state index in [4.69, 9.17) is 12.2 Å². The van der Waals surface area contributed by atoms with Gasteiger partial charge in [-0.2, -0.15) is 0 Å². The van der Waals surface area contributed by atoms with Crippen LogP contribution in [0.4, 0.5) is 21.9 Å². The molecule has 37 heavy (non-hydrogen) atoms. The Bertz CT molecular complexity index is 1280. The van der Waals surface area contributed by atoms with Crippen molar-refractivity contribution in [1.82, 2.24) is 10.6 Å². The third-order valence-electron chi connectivity index (χ3n) is 5.92. The molecule has 0 saturated carbocycles. The molecule has 4 rings (SSSR count). The predicted octanol–water partition coefficient (Wildman–Crippen LogP) is 4.76. The second-order valence-electron chi connectivity index (χ2n) is 9.24. The van der Waals surface area contributed by atoms with Gasteiger partial charge in [-0.3, -0.25) is 4.79 Å². The third-order valence-corrected chi connectivity index (χ3v) is 6.14. The summed E-state index contributed by atoms with van der Waals surface area (Å²) < 4.78 is 0. The van der Waals surface area contributed by atoms with Gasteiger partial charge in [0, 0.05) is 23.1 Å². The summed E-state index contributed by atoms with van der Waals surface area (Å²) in [6.45, 7) is 4.14. The van der Waals surface area contributed by atoms with Gasteiger partial charge in [0.05, 0.1) is 6.54 Å². The smallest absolute Gasteiger partial charge is 0.319 e. The number of nitrogens with one attached hydrogen (secondary N) is 4. The molecule has 192 valence electrons. The van der Waals surface area contributed by atoms with Crippen molar-refractivity contribution in [2.45, 2.75) is 45.3 Å². The Morgan fingerprint density at radius 2 is 1.78 bits per heavy atom. The van der Waals surface area contributed by atoms with E-state index >= 15 is 0 Å². The van der Waals surface area contributed by atoms with Gasteiger partial charge in [0.2, 0.25) is 5.91 Å². The number of para-hydroxylation sites is 1. The SMILES string of the molecule is CC(C)NC(=O)Nc1cccc(CN2C(=O)C(NC(=S)Nc3ccc(O)cc3)CCc3ccccc32)c1. The third kappa shape index (κ3) is 6.98. The van der Waals surface area contributed by atoms with E-state index in [0.717, 1.165) is 23.2 Å². The summed E-state index contributed by atoms with van der Waals surface area (Å²) in [5.41, 5.74) is 4.20. The number of amides is 3. The molecule has 3 amide bonds. The number of rotatable bonds is 6. The van der Waals surface area contributed by atoms with Crippen LogP contribution >= 0.6 is 12.2 Å². The summed E-state index contributed by atoms with van der Waals surface area (Å²) in [6.07, 6.45) is 1.30. The van der Waals surface area contributed by atoms with Crippen LogP contribution < -0.4 is 26.2 Å². The van der Waals surface area contributed by atoms with Gasteiger partial charge in [-0.1, -0.05) is 30.3 Å². The maximum atomic E-state index is 13.8. The molecular formula is C28H31N5O3S. The first-order valence-electron chi connectivity index (χ1n) is 12.2. The van der Waals surface area contributed by atoms with Crippen LogP contribution in [0, 0.1) is 0 Å². The highest BCUT2D eigenvalue weighted by molar-refractivity contribution is 7.80. The monoisotopic (exact) mass is 517 g/mol. The molecule has 0 aromatic heterocycles. The van der Waals surface area contributed by atoms with Crippen LogP contribution in [0.5, 0.6) is 5.75 Å². The number of fused-ring (bicyclic) bond motifs is 1. The molecule has 1 aliphatic rings. The normalized spacial score (nSPS) is 14.9. The van der Waals surface area contributed by atoms with Gasteiger partial charge in [0.15, 0.2) is 5.11 Å². The van der Waals surface area contributed by atoms with Crippen LogP contribution in [0.3, 0.4) is 0 Å². The number of phenolic OH excluding ortho intramolecular Hbond substituents is 1. The molecule has 0 fully saturated rings. The highest BCUT2D eigenvalue weighted by Crippen LogP contribution is 2.29. The lowest BCUT2D eigenvalue weighted by Gasteiger charge is -2.27. The van der Waals surface area contributed by atoms with E-state index in [0.29, 0.717) is 29.5 Å². The first-order chi connectivity index (χ1) is 17.8. The highest BCUT2D eigenvalue weighted by Gasteiger charge is 2.31. The number of urea groups is 1. The van der Waals surface area contributed by atoms with Crippen molar-refractivity contribution in [2.75, 3.05) is 15.5 Å². The zero-order valence-electron chi connectivity index (χ0n) is 20.8. The molecular weight excluding hydrogens is 486 g/mol. The van der Waals surface area contributed by atoms with E-state index in [1.807, 2.05) is 62.4 Å². The molecule has 1 atom stereocenters. The van der Waals surface area contributed by atoms with Crippen LogP contribution in [0.2, 0.25) is 0 Å². The van der Waals surface area contributed by atoms with Crippen LogP contribution in [0.25, 0.3) is 0 Å². The van der Waals surface area contributed by atoms with Gasteiger partial charge in [0.1, 0.15) is 11.8 Å². The van der Waals surface area contributed by atoms with E-state index in [2.05, 4.69) is 21.3 Å². The zero-order valence-corrected chi connectivity index (χ0v) is 21.6. The van der Waals surface area contributed by atoms with E-state index in [-0.39, 0.29) is 23.7 Å². The van der Waals surface area contributed by atoms with Gasteiger partial charge in [-0.25, -0.2) is 4.79 Å². The molecule has 1 unspecified atom stereocenters. The fourth-order valence-electron chi connectivity index (χ4n) is 4.24. The number of carbonyl (C=O) groups excluding carboxylic acids is 2. The number of aryl methyl sites for hydroxylation is 1. The van der Waals surface area contributed by atoms with Crippen LogP contribution in [0.15, 0.2) is 72.8 Å². The molecule has 5 N–H and O–H groups in total. The fraction of sp³-hybridized carbons (Fsp3) is 0.250. The predicted molar refractivity (Wildman–Crippen MR) is 151 cm³/mol. The molecule has 0 radical (unpaired) electrons. The standard InChI is InChI=1S/C28H31N5O3S/c1-18(2)29-27(36)30-22-8-5-6-19(16-22)17-33-25-9-4-3-7-20(25)10-15-24(26(33)35)32-28(37)31-21-11-13-23(34)14-12-21/h3-9,11-14,16,18,24,34H,10,15,17H2,1-2H3,(H2,29,30,36)(H2,31,32,37). The second kappa shape index (κ2) is 11.7. The van der Waals surface area contributed by atoms with Gasteiger partial charge < -0.3 is 31.3 Å². The van der Waals surface area contributed by atoms with E-state index in [1.165, 1.54) is 0 Å². The first-order valence-corrected chi connectivity index (χ1v) is 12.6. The fourth-order valence-corrected chi connectivity index (χ4v) is 4.50. The largest absolute Gasteiger partial charge is 0.508 e. The van der Waals surface area contributed by atoms with Gasteiger partial charge in [-0.15, -0.1) is 0 Å². The number of anilines is 3. The summed E-state index contributed by atoms with van der Waals surface area (Å²) in [5.74, 6) is 0.0762. The Kier molecular flexibility index (Phi) is 8.25. The van der Waals surface area contributed by atoms with E-state index < -0.39 is 6.04 Å². The van der Waals surface area contributed by atoms with Crippen LogP contribution in [-0.4, -0.2) is 34.2 Å². The summed E-state index contributed by atoms with van der Waals surface area (Å²) in [4.78, 5) is 27.7. The molecule has 9 heteroatoms. The maximum absolute atomic E-state index is 13.8. The highest BCUT2D eigenvalue weighted by atomic mass is 32.1. The van der Waals surface area contributed by atoms with E-state index in [9.17, 15) is 14.7 Å². The average Bonchev–Trinajstić information content (AvgIpc) is 2.97. The number of benzene rings is 3. The Labute approximate surface area is 222 Å². The topological polar surface area (TPSA) is 106 Å². The minimum atomic E-state index is -0.525. The molecule has 0 saturated heterocycles. The van der Waals surface area contributed by atoms with Crippen molar-refractivity contribution in [1.29, 1.82) is 0 Å². The maximum Gasteiger partial charge on any atom is 0.319 e. The number of hydrogen-bond donors (Lipinski definition) is 5. The van der Waals surface area contributed by atoms with Crippen molar-refractivity contribution in [3.63, 3.8) is 0 Å². The van der Waals surface area contributed by atoms with Crippen LogP contribution in [0.1, 0.15) is 31.4 Å². The van der Waals surface area contributed by atoms with E-state index in [1.54, 1.807) is 29.2 Å². The quantitative estimate of drug-likeness (QED) is 0.239. The second-order valence-corrected chi connectivity index (χ2v) is 9.65. The molecule has 0 spiro atoms. The lowest BCUT2D eigenvalue weighted by molar-refractivity contribution is -0.120. The molecule has 1 heterocycles. The molecule has 8 nitrogen and oxygen atoms in total. The van der Waals surface area contributed by atoms with Crippen molar-refractivity contribution in [3.8, 4) is 5.75 Å². The van der Waals surface area contributed by atoms with Crippen molar-refractivity contribution in [2.24, 2.45) is 0 Å². The first kappa shape index (κ1) is 26.0. The van der Waals surface area contributed by atoms with Gasteiger partial charge in [0.25, 0.3) is 0 Å². The minimum absolute atomic E-state index is 0.0217. The van der Waals surface area contributed by atoms with Gasteiger partial charge in [-0.05, 0) is 92.5 Å². The Balaban J connectivity index is 1.52. The summed E-state index contributed by atoms with van der Waals surface area (Å²) in [6, 6.07) is 21.2. The van der Waals surface area contributed by atoms with Crippen LogP contribution in [-0.2, 0) is 17.8 Å². The lowest BCUT2D eigenvalue weighted by Crippen LogP contribution is -2.49. The molecule has 1 aliphatic heterocycles. The molecule has 3 aromatic rings. The Morgan fingerprint density at radius 3 is 2.54 bits per heavy atom. The van der Waals surface area contributed by atoms with Crippen molar-refractivity contribution in [3.05, 3.63) is 83.9 Å². The van der Waals surface area contributed by atoms with Crippen molar-refractivity contribution >= 4 is 46.3 Å².